The van der Waals surface area contributed by atoms with Gasteiger partial charge in [-0.25, -0.2) is 17.5 Å². The maximum Gasteiger partial charge on any atom is 0.216 e. The summed E-state index contributed by atoms with van der Waals surface area (Å²) >= 11 is 0. The van der Waals surface area contributed by atoms with Gasteiger partial charge in [-0.2, -0.15) is 0 Å². The average molecular weight is 321 g/mol. The predicted molar refractivity (Wildman–Crippen MR) is 86.4 cm³/mol. The number of hydrogen-bond donors (Lipinski definition) is 1. The van der Waals surface area contributed by atoms with Crippen LogP contribution >= 0.6 is 0 Å². The molecular weight excluding hydrogens is 301 g/mol. The van der Waals surface area contributed by atoms with Crippen molar-refractivity contribution in [3.8, 4) is 0 Å². The first kappa shape index (κ1) is 16.6. The largest absolute Gasteiger partial charge is 0.216 e. The van der Waals surface area contributed by atoms with E-state index in [0.717, 1.165) is 5.56 Å². The number of rotatable bonds is 6. The first-order valence-electron chi connectivity index (χ1n) is 7.06. The molecule has 0 spiro atoms. The lowest BCUT2D eigenvalue weighted by Gasteiger charge is -2.26. The topological polar surface area (TPSA) is 46.2 Å². The third-order valence-electron chi connectivity index (χ3n) is 3.22. The number of hydrogen-bond acceptors (Lipinski definition) is 2. The summed E-state index contributed by atoms with van der Waals surface area (Å²) < 4.78 is 40.8. The van der Waals surface area contributed by atoms with Crippen molar-refractivity contribution in [2.75, 3.05) is 0 Å². The van der Waals surface area contributed by atoms with Crippen molar-refractivity contribution in [1.29, 1.82) is 0 Å². The summed E-state index contributed by atoms with van der Waals surface area (Å²) in [7, 11) is -3.62. The van der Waals surface area contributed by atoms with Gasteiger partial charge in [0.05, 0.1) is 5.75 Å². The quantitative estimate of drug-likeness (QED) is 0.887. The Morgan fingerprint density at radius 1 is 1.00 bits per heavy atom. The van der Waals surface area contributed by atoms with Crippen LogP contribution in [0, 0.1) is 5.82 Å². The average Bonchev–Trinajstić information content (AvgIpc) is 2.40. The van der Waals surface area contributed by atoms with Crippen LogP contribution in [0.3, 0.4) is 0 Å². The van der Waals surface area contributed by atoms with Gasteiger partial charge < -0.3 is 0 Å². The second-order valence-corrected chi connectivity index (χ2v) is 7.72. The monoisotopic (exact) mass is 321 g/mol. The number of sulfonamides is 1. The Morgan fingerprint density at radius 2 is 1.59 bits per heavy atom. The molecule has 2 rings (SSSR count). The SMILES string of the molecule is CC(C)(Cc1ccccc1)NS(=O)(=O)Cc1ccccc1F. The van der Waals surface area contributed by atoms with E-state index < -0.39 is 21.4 Å². The molecule has 5 heteroatoms. The molecule has 0 aliphatic carbocycles. The molecule has 3 nitrogen and oxygen atoms in total. The highest BCUT2D eigenvalue weighted by Crippen LogP contribution is 2.16. The van der Waals surface area contributed by atoms with Crippen LogP contribution in [-0.2, 0) is 22.2 Å². The van der Waals surface area contributed by atoms with Gasteiger partial charge in [-0.3, -0.25) is 0 Å². The van der Waals surface area contributed by atoms with Gasteiger partial charge in [0.2, 0.25) is 10.0 Å². The van der Waals surface area contributed by atoms with Crippen LogP contribution in [0.4, 0.5) is 4.39 Å². The lowest BCUT2D eigenvalue weighted by Crippen LogP contribution is -2.45. The Balaban J connectivity index is 2.09. The third kappa shape index (κ3) is 4.93. The van der Waals surface area contributed by atoms with Crippen LogP contribution in [0.15, 0.2) is 54.6 Å². The molecule has 0 heterocycles. The van der Waals surface area contributed by atoms with Gasteiger partial charge in [-0.15, -0.1) is 0 Å². The fourth-order valence-electron chi connectivity index (χ4n) is 2.42. The van der Waals surface area contributed by atoms with E-state index in [1.165, 1.54) is 18.2 Å². The molecule has 0 aromatic heterocycles. The van der Waals surface area contributed by atoms with Crippen LogP contribution in [0.5, 0.6) is 0 Å². The van der Waals surface area contributed by atoms with Gasteiger partial charge in [0.25, 0.3) is 0 Å². The van der Waals surface area contributed by atoms with Crippen molar-refractivity contribution in [3.63, 3.8) is 0 Å². The van der Waals surface area contributed by atoms with Crippen molar-refractivity contribution in [2.24, 2.45) is 0 Å². The highest BCUT2D eigenvalue weighted by atomic mass is 32.2. The first-order valence-corrected chi connectivity index (χ1v) is 8.72. The summed E-state index contributed by atoms with van der Waals surface area (Å²) in [5.41, 5.74) is 0.567. The molecule has 0 saturated heterocycles. The van der Waals surface area contributed by atoms with E-state index in [1.807, 2.05) is 44.2 Å². The lowest BCUT2D eigenvalue weighted by atomic mass is 9.96. The van der Waals surface area contributed by atoms with E-state index in [1.54, 1.807) is 6.07 Å². The Morgan fingerprint density at radius 3 is 2.23 bits per heavy atom. The fourth-order valence-corrected chi connectivity index (χ4v) is 4.05. The zero-order valence-electron chi connectivity index (χ0n) is 12.7. The molecule has 0 amide bonds. The number of benzene rings is 2. The molecule has 2 aromatic carbocycles. The fraction of sp³-hybridized carbons (Fsp3) is 0.294. The van der Waals surface area contributed by atoms with E-state index in [9.17, 15) is 12.8 Å². The Labute approximate surface area is 131 Å². The Bertz CT molecular complexity index is 727. The molecule has 0 aliphatic heterocycles. The van der Waals surface area contributed by atoms with Gasteiger partial charge in [0.15, 0.2) is 0 Å². The van der Waals surface area contributed by atoms with Gasteiger partial charge in [-0.1, -0.05) is 48.5 Å². The minimum Gasteiger partial charge on any atom is -0.212 e. The Hall–Kier alpha value is -1.72. The van der Waals surface area contributed by atoms with Crippen molar-refractivity contribution in [2.45, 2.75) is 31.6 Å². The van der Waals surface area contributed by atoms with Crippen molar-refractivity contribution in [3.05, 3.63) is 71.5 Å². The van der Waals surface area contributed by atoms with Crippen LogP contribution in [-0.4, -0.2) is 14.0 Å². The summed E-state index contributed by atoms with van der Waals surface area (Å²) in [6.45, 7) is 3.64. The molecule has 0 radical (unpaired) electrons. The molecule has 2 aromatic rings. The zero-order chi connectivity index (χ0) is 16.2. The van der Waals surface area contributed by atoms with E-state index in [4.69, 9.17) is 0 Å². The van der Waals surface area contributed by atoms with Gasteiger partial charge in [0.1, 0.15) is 5.82 Å². The van der Waals surface area contributed by atoms with E-state index in [-0.39, 0.29) is 11.3 Å². The van der Waals surface area contributed by atoms with Gasteiger partial charge in [0, 0.05) is 11.1 Å². The lowest BCUT2D eigenvalue weighted by molar-refractivity contribution is 0.449. The van der Waals surface area contributed by atoms with Gasteiger partial charge >= 0.3 is 0 Å². The normalized spacial score (nSPS) is 12.3. The van der Waals surface area contributed by atoms with Gasteiger partial charge in [-0.05, 0) is 31.9 Å². The van der Waals surface area contributed by atoms with Crippen LogP contribution in [0.25, 0.3) is 0 Å². The minimum atomic E-state index is -3.62. The van der Waals surface area contributed by atoms with Crippen LogP contribution < -0.4 is 4.72 Å². The molecule has 0 saturated carbocycles. The summed E-state index contributed by atoms with van der Waals surface area (Å²) in [6, 6.07) is 15.6. The maximum absolute atomic E-state index is 13.6. The second kappa shape index (κ2) is 6.58. The Kier molecular flexibility index (Phi) is 4.98. The molecule has 118 valence electrons. The second-order valence-electron chi connectivity index (χ2n) is 6.00. The smallest absolute Gasteiger partial charge is 0.212 e. The maximum atomic E-state index is 13.6. The highest BCUT2D eigenvalue weighted by molar-refractivity contribution is 7.88. The zero-order valence-corrected chi connectivity index (χ0v) is 13.5. The van der Waals surface area contributed by atoms with E-state index >= 15 is 0 Å². The van der Waals surface area contributed by atoms with Crippen molar-refractivity contribution < 1.29 is 12.8 Å². The summed E-state index contributed by atoms with van der Waals surface area (Å²) in [5, 5.41) is 0. The summed E-state index contributed by atoms with van der Waals surface area (Å²) in [5.74, 6) is -0.869. The van der Waals surface area contributed by atoms with Crippen LogP contribution in [0.1, 0.15) is 25.0 Å². The molecule has 0 aliphatic rings. The molecule has 0 fully saturated rings. The summed E-state index contributed by atoms with van der Waals surface area (Å²) in [4.78, 5) is 0. The van der Waals surface area contributed by atoms with E-state index in [2.05, 4.69) is 4.72 Å². The molecule has 1 N–H and O–H groups in total. The van der Waals surface area contributed by atoms with Crippen molar-refractivity contribution in [1.82, 2.24) is 4.72 Å². The molecule has 22 heavy (non-hydrogen) atoms. The number of halogens is 1. The van der Waals surface area contributed by atoms with Crippen LogP contribution in [0.2, 0.25) is 0 Å². The first-order chi connectivity index (χ1) is 10.3. The predicted octanol–water partition coefficient (Wildman–Crippen LogP) is 3.27. The molecule has 0 atom stereocenters. The molecule has 0 unspecified atom stereocenters. The standard InChI is InChI=1S/C17H20FNO2S/c1-17(2,12-14-8-4-3-5-9-14)19-22(20,21)13-15-10-6-7-11-16(15)18/h3-11,19H,12-13H2,1-2H3. The highest BCUT2D eigenvalue weighted by Gasteiger charge is 2.26. The van der Waals surface area contributed by atoms with E-state index in [0.29, 0.717) is 6.42 Å². The molecular formula is C17H20FNO2S. The third-order valence-corrected chi connectivity index (χ3v) is 4.78. The number of nitrogens with one attached hydrogen (secondary N) is 1. The molecule has 0 bridgehead atoms. The summed E-state index contributed by atoms with van der Waals surface area (Å²) in [6.07, 6.45) is 0.560. The minimum absolute atomic E-state index is 0.172. The van der Waals surface area contributed by atoms with Crippen molar-refractivity contribution >= 4 is 10.0 Å².